The molecule has 0 radical (unpaired) electrons. The monoisotopic (exact) mass is 409 g/mol. The summed E-state index contributed by atoms with van der Waals surface area (Å²) in [6.07, 6.45) is 0. The molecule has 0 amide bonds. The summed E-state index contributed by atoms with van der Waals surface area (Å²) in [5.74, 6) is 0. The van der Waals surface area contributed by atoms with Crippen LogP contribution in [0.4, 0.5) is 0 Å². The molecule has 0 atom stereocenters. The first kappa shape index (κ1) is 8.87. The molecule has 4 heavy (non-hydrogen) atoms. The Morgan fingerprint density at radius 2 is 1.25 bits per heavy atom. The van der Waals surface area contributed by atoms with E-state index in [0.717, 1.165) is 18.9 Å². The van der Waals surface area contributed by atoms with Gasteiger partial charge in [0.25, 0.3) is 0 Å². The SMILES string of the molecule is [O]=[Ir].[O]=[W]. The molecule has 4 heteroatoms. The zero-order valence-corrected chi connectivity index (χ0v) is 6.89. The minimum absolute atomic E-state index is 0.333. The second-order valence-corrected chi connectivity index (χ2v) is 0. The molecule has 0 saturated heterocycles. The molecule has 0 N–H and O–H groups in total. The van der Waals surface area contributed by atoms with Crippen LogP contribution in [0.5, 0.6) is 0 Å². The van der Waals surface area contributed by atoms with Crippen molar-refractivity contribution < 1.29 is 45.5 Å². The normalized spacial score (nSPS) is 2.25. The maximum atomic E-state index is 8.33. The fraction of sp³-hybridized carbons (Fsp3) is 0. The van der Waals surface area contributed by atoms with Gasteiger partial charge in [0, 0.05) is 0 Å². The van der Waals surface area contributed by atoms with Gasteiger partial charge < -0.3 is 0 Å². The molecule has 0 aliphatic rings. The summed E-state index contributed by atoms with van der Waals surface area (Å²) >= 11 is 1.08. The van der Waals surface area contributed by atoms with Crippen LogP contribution in [0.25, 0.3) is 0 Å². The molecule has 27 valence electrons. The van der Waals surface area contributed by atoms with Gasteiger partial charge in [-0.3, -0.25) is 0 Å². The molecule has 0 rings (SSSR count). The third kappa shape index (κ3) is 12.5. The molecule has 0 bridgehead atoms. The number of rotatable bonds is 0. The van der Waals surface area contributed by atoms with Crippen molar-refractivity contribution in [2.75, 3.05) is 0 Å². The molecule has 0 aromatic rings. The Hall–Kier alpha value is 0.938. The van der Waals surface area contributed by atoms with E-state index in [0.29, 0.717) is 19.8 Å². The summed E-state index contributed by atoms with van der Waals surface area (Å²) < 4.78 is 16.6. The van der Waals surface area contributed by atoms with Gasteiger partial charge in [-0.15, -0.1) is 0 Å². The van der Waals surface area contributed by atoms with E-state index in [2.05, 4.69) is 0 Å². The van der Waals surface area contributed by atoms with E-state index >= 15 is 0 Å². The second kappa shape index (κ2) is 38.6. The van der Waals surface area contributed by atoms with Crippen molar-refractivity contribution in [1.82, 2.24) is 0 Å². The molecular formula is IrO2W. The zero-order valence-electron chi connectivity index (χ0n) is 1.56. The zero-order chi connectivity index (χ0) is 4.00. The molecule has 0 aliphatic heterocycles. The third-order valence-electron chi connectivity index (χ3n) is 0. The number of hydrogen-bond donors (Lipinski definition) is 0. The fourth-order valence-electron chi connectivity index (χ4n) is 0. The average Bonchev–Trinajstić information content (AvgIpc) is 1.50. The first-order valence-corrected chi connectivity index (χ1v) is 2.48. The van der Waals surface area contributed by atoms with Crippen LogP contribution < -0.4 is 0 Å². The van der Waals surface area contributed by atoms with Crippen molar-refractivity contribution >= 4 is 0 Å². The van der Waals surface area contributed by atoms with Crippen molar-refractivity contribution in [1.29, 1.82) is 0 Å². The predicted octanol–water partition coefficient (Wildman–Crippen LogP) is -0.243. The van der Waals surface area contributed by atoms with E-state index < -0.39 is 0 Å². The molecular weight excluding hydrogens is 408 g/mol. The maximum absolute atomic E-state index is 8.33. The molecule has 0 spiro atoms. The van der Waals surface area contributed by atoms with Crippen molar-refractivity contribution in [3.63, 3.8) is 0 Å². The van der Waals surface area contributed by atoms with Gasteiger partial charge in [-0.25, -0.2) is 0 Å². The van der Waals surface area contributed by atoms with Gasteiger partial charge in [0.1, 0.15) is 0 Å². The van der Waals surface area contributed by atoms with E-state index in [-0.39, 0.29) is 0 Å². The molecule has 0 aliphatic carbocycles. The van der Waals surface area contributed by atoms with Crippen molar-refractivity contribution in [2.45, 2.75) is 0 Å². The predicted molar refractivity (Wildman–Crippen MR) is 1.37 cm³/mol. The van der Waals surface area contributed by atoms with Crippen LogP contribution in [0, 0.1) is 0 Å². The van der Waals surface area contributed by atoms with Gasteiger partial charge in [-0.2, -0.15) is 0 Å². The Labute approximate surface area is 45.6 Å². The van der Waals surface area contributed by atoms with E-state index in [4.69, 9.17) is 6.90 Å². The molecule has 0 aromatic carbocycles. The topological polar surface area (TPSA) is 34.1 Å². The second-order valence-electron chi connectivity index (χ2n) is 0. The van der Waals surface area contributed by atoms with E-state index in [1.807, 2.05) is 0 Å². The molecule has 0 saturated carbocycles. The van der Waals surface area contributed by atoms with Crippen LogP contribution in [0.2, 0.25) is 0 Å². The van der Waals surface area contributed by atoms with Gasteiger partial charge in [-0.1, -0.05) is 0 Å². The molecule has 0 heterocycles. The Morgan fingerprint density at radius 1 is 1.25 bits per heavy atom. The van der Waals surface area contributed by atoms with E-state index in [9.17, 15) is 0 Å². The van der Waals surface area contributed by atoms with Crippen molar-refractivity contribution in [3.05, 3.63) is 0 Å². The summed E-state index contributed by atoms with van der Waals surface area (Å²) in [5, 5.41) is 0. The quantitative estimate of drug-likeness (QED) is 0.555. The van der Waals surface area contributed by atoms with Gasteiger partial charge in [0.15, 0.2) is 0 Å². The molecule has 0 unspecified atom stereocenters. The average molecular weight is 408 g/mol. The Bertz CT molecular complexity index is 8.00. The van der Waals surface area contributed by atoms with Crippen LogP contribution in [-0.4, -0.2) is 0 Å². The van der Waals surface area contributed by atoms with E-state index in [1.54, 1.807) is 0 Å². The summed E-state index contributed by atoms with van der Waals surface area (Å²) in [4.78, 5) is 0. The van der Waals surface area contributed by atoms with Crippen LogP contribution in [0.3, 0.4) is 0 Å². The molecule has 0 fully saturated rings. The van der Waals surface area contributed by atoms with Crippen LogP contribution in [-0.2, 0) is 45.5 Å². The minimum atomic E-state index is 0.333. The summed E-state index contributed by atoms with van der Waals surface area (Å²) in [6, 6.07) is 0. The van der Waals surface area contributed by atoms with Gasteiger partial charge in [0.2, 0.25) is 0 Å². The van der Waals surface area contributed by atoms with Gasteiger partial charge >= 0.3 is 45.5 Å². The Kier molecular flexibility index (Phi) is 85.7. The third-order valence-corrected chi connectivity index (χ3v) is 0. The van der Waals surface area contributed by atoms with E-state index in [1.165, 1.54) is 0 Å². The fourth-order valence-corrected chi connectivity index (χ4v) is 0. The number of hydrogen-bond acceptors (Lipinski definition) is 2. The first-order valence-electron chi connectivity index (χ1n) is 0.303. The standard InChI is InChI=1S/Ir.2O.W. The van der Waals surface area contributed by atoms with Crippen LogP contribution in [0.15, 0.2) is 0 Å². The van der Waals surface area contributed by atoms with Crippen LogP contribution >= 0.6 is 0 Å². The molecule has 0 aromatic heterocycles. The Morgan fingerprint density at radius 3 is 1.25 bits per heavy atom. The van der Waals surface area contributed by atoms with Gasteiger partial charge in [-0.05, 0) is 0 Å². The van der Waals surface area contributed by atoms with Crippen LogP contribution in [0.1, 0.15) is 0 Å². The summed E-state index contributed by atoms with van der Waals surface area (Å²) in [5.41, 5.74) is 0. The summed E-state index contributed by atoms with van der Waals surface area (Å²) in [6.45, 7) is 0. The van der Waals surface area contributed by atoms with Gasteiger partial charge in [0.05, 0.1) is 0 Å². The Balaban J connectivity index is 0. The van der Waals surface area contributed by atoms with Crippen molar-refractivity contribution in [2.24, 2.45) is 0 Å². The van der Waals surface area contributed by atoms with Crippen molar-refractivity contribution in [3.8, 4) is 0 Å². The first-order chi connectivity index (χ1) is 2.00. The molecule has 2 nitrogen and oxygen atoms in total. The summed E-state index contributed by atoms with van der Waals surface area (Å²) in [7, 11) is 0.